The van der Waals surface area contributed by atoms with Gasteiger partial charge >= 0.3 is 0 Å². The van der Waals surface area contributed by atoms with E-state index in [1.54, 1.807) is 0 Å². The molecule has 1 aliphatic heterocycles. The van der Waals surface area contributed by atoms with Gasteiger partial charge in [-0.3, -0.25) is 0 Å². The second-order valence-corrected chi connectivity index (χ2v) is 5.15. The highest BCUT2D eigenvalue weighted by molar-refractivity contribution is 6.31. The molecular formula is C14H22ClN. The van der Waals surface area contributed by atoms with Crippen LogP contribution in [0.5, 0.6) is 0 Å². The molecule has 90 valence electrons. The lowest BCUT2D eigenvalue weighted by atomic mass is 9.99. The molecule has 0 bridgehead atoms. The minimum Gasteiger partial charge on any atom is -0.351 e. The predicted octanol–water partition coefficient (Wildman–Crippen LogP) is 4.67. The van der Waals surface area contributed by atoms with Crippen molar-refractivity contribution in [2.75, 3.05) is 0 Å². The normalized spacial score (nSPS) is 19.2. The number of hydrogen-bond acceptors (Lipinski definition) is 1. The number of rotatable bonds is 5. The Balaban J connectivity index is 2.62. The van der Waals surface area contributed by atoms with Crippen LogP contribution in [0.25, 0.3) is 0 Å². The van der Waals surface area contributed by atoms with Gasteiger partial charge in [0.15, 0.2) is 0 Å². The topological polar surface area (TPSA) is 3.24 Å². The van der Waals surface area contributed by atoms with Crippen LogP contribution in [0.3, 0.4) is 0 Å². The number of halogens is 1. The molecule has 0 amide bonds. The summed E-state index contributed by atoms with van der Waals surface area (Å²) in [6.07, 6.45) is 9.77. The fourth-order valence-electron chi connectivity index (χ4n) is 1.90. The van der Waals surface area contributed by atoms with Gasteiger partial charge in [0.1, 0.15) is 0 Å². The number of hydrogen-bond donors (Lipinski definition) is 0. The summed E-state index contributed by atoms with van der Waals surface area (Å²) >= 11 is 5.94. The molecule has 0 radical (unpaired) electrons. The van der Waals surface area contributed by atoms with Crippen LogP contribution in [0.1, 0.15) is 40.0 Å². The van der Waals surface area contributed by atoms with Crippen molar-refractivity contribution >= 4 is 11.6 Å². The lowest BCUT2D eigenvalue weighted by molar-refractivity contribution is 0.314. The first-order chi connectivity index (χ1) is 7.54. The predicted molar refractivity (Wildman–Crippen MR) is 72.2 cm³/mol. The molecule has 2 heteroatoms. The van der Waals surface area contributed by atoms with Crippen molar-refractivity contribution < 1.29 is 0 Å². The van der Waals surface area contributed by atoms with Crippen LogP contribution in [0, 0.1) is 5.92 Å². The average molecular weight is 240 g/mol. The Labute approximate surface area is 104 Å². The molecule has 0 saturated carbocycles. The smallest absolute Gasteiger partial charge is 0.0383 e. The number of allylic oxidation sites excluding steroid dienone is 3. The van der Waals surface area contributed by atoms with Gasteiger partial charge in [0.05, 0.1) is 0 Å². The van der Waals surface area contributed by atoms with Gasteiger partial charge in [-0.2, -0.15) is 0 Å². The van der Waals surface area contributed by atoms with E-state index in [0.717, 1.165) is 17.9 Å². The number of nitrogens with zero attached hydrogens (tertiary/aromatic N) is 1. The highest BCUT2D eigenvalue weighted by Crippen LogP contribution is 2.24. The van der Waals surface area contributed by atoms with Crippen molar-refractivity contribution in [3.63, 3.8) is 0 Å². The van der Waals surface area contributed by atoms with Crippen LogP contribution in [0.2, 0.25) is 0 Å². The van der Waals surface area contributed by atoms with Crippen molar-refractivity contribution in [1.29, 1.82) is 0 Å². The molecule has 0 aromatic heterocycles. The van der Waals surface area contributed by atoms with Crippen LogP contribution in [0.4, 0.5) is 0 Å². The van der Waals surface area contributed by atoms with Crippen molar-refractivity contribution in [2.24, 2.45) is 5.92 Å². The van der Waals surface area contributed by atoms with Gasteiger partial charge in [0.25, 0.3) is 0 Å². The second kappa shape index (κ2) is 6.15. The van der Waals surface area contributed by atoms with Crippen LogP contribution >= 0.6 is 11.6 Å². The Hall–Kier alpha value is -0.690. The molecule has 0 aliphatic carbocycles. The minimum atomic E-state index is 0.525. The first kappa shape index (κ1) is 13.4. The van der Waals surface area contributed by atoms with Crippen LogP contribution in [-0.4, -0.2) is 10.9 Å². The lowest BCUT2D eigenvalue weighted by Gasteiger charge is -2.29. The molecule has 1 nitrogen and oxygen atoms in total. The monoisotopic (exact) mass is 239 g/mol. The zero-order valence-electron chi connectivity index (χ0n) is 10.5. The summed E-state index contributed by atoms with van der Waals surface area (Å²) in [5.41, 5.74) is 1.13. The van der Waals surface area contributed by atoms with Crippen LogP contribution in [-0.2, 0) is 0 Å². The van der Waals surface area contributed by atoms with E-state index in [1.807, 2.05) is 0 Å². The Morgan fingerprint density at radius 2 is 2.25 bits per heavy atom. The maximum absolute atomic E-state index is 5.94. The Morgan fingerprint density at radius 3 is 2.81 bits per heavy atom. The molecule has 0 spiro atoms. The molecule has 0 aromatic carbocycles. The van der Waals surface area contributed by atoms with Crippen molar-refractivity contribution in [2.45, 2.75) is 46.1 Å². The van der Waals surface area contributed by atoms with Gasteiger partial charge in [-0.15, -0.1) is 0 Å². The summed E-state index contributed by atoms with van der Waals surface area (Å²) in [6, 6.07) is 0.525. The molecular weight excluding hydrogens is 218 g/mol. The van der Waals surface area contributed by atoms with E-state index < -0.39 is 0 Å². The van der Waals surface area contributed by atoms with E-state index in [1.165, 1.54) is 12.8 Å². The highest BCUT2D eigenvalue weighted by Gasteiger charge is 2.14. The van der Waals surface area contributed by atoms with E-state index in [0.29, 0.717) is 11.1 Å². The van der Waals surface area contributed by atoms with Gasteiger partial charge in [-0.25, -0.2) is 0 Å². The highest BCUT2D eigenvalue weighted by atomic mass is 35.5. The summed E-state index contributed by atoms with van der Waals surface area (Å²) in [4.78, 5) is 2.25. The molecule has 0 N–H and O–H groups in total. The fourth-order valence-corrected chi connectivity index (χ4v) is 2.03. The third-order valence-corrected chi connectivity index (χ3v) is 3.46. The van der Waals surface area contributed by atoms with Crippen molar-refractivity contribution in [3.8, 4) is 0 Å². The van der Waals surface area contributed by atoms with Crippen molar-refractivity contribution in [1.82, 2.24) is 4.90 Å². The molecule has 1 aliphatic rings. The van der Waals surface area contributed by atoms with Crippen molar-refractivity contribution in [3.05, 3.63) is 35.7 Å². The Morgan fingerprint density at radius 1 is 1.56 bits per heavy atom. The third kappa shape index (κ3) is 3.71. The zero-order chi connectivity index (χ0) is 12.1. The van der Waals surface area contributed by atoms with Gasteiger partial charge in [0.2, 0.25) is 0 Å². The zero-order valence-corrected chi connectivity index (χ0v) is 11.3. The summed E-state index contributed by atoms with van der Waals surface area (Å²) < 4.78 is 0. The molecule has 0 saturated heterocycles. The van der Waals surface area contributed by atoms with E-state index in [4.69, 9.17) is 11.6 Å². The van der Waals surface area contributed by atoms with Crippen LogP contribution < -0.4 is 0 Å². The molecule has 1 rings (SSSR count). The average Bonchev–Trinajstić information content (AvgIpc) is 2.28. The van der Waals surface area contributed by atoms with Gasteiger partial charge in [-0.1, -0.05) is 44.5 Å². The summed E-state index contributed by atoms with van der Waals surface area (Å²) in [6.45, 7) is 10.6. The molecule has 0 aromatic rings. The minimum absolute atomic E-state index is 0.525. The van der Waals surface area contributed by atoms with Crippen LogP contribution in [0.15, 0.2) is 35.7 Å². The Kier molecular flexibility index (Phi) is 5.14. The summed E-state index contributed by atoms with van der Waals surface area (Å²) in [7, 11) is 0. The van der Waals surface area contributed by atoms with Gasteiger partial charge < -0.3 is 4.90 Å². The second-order valence-electron chi connectivity index (χ2n) is 4.69. The molecule has 0 fully saturated rings. The van der Waals surface area contributed by atoms with E-state index in [9.17, 15) is 0 Å². The maximum atomic E-state index is 5.94. The van der Waals surface area contributed by atoms with E-state index >= 15 is 0 Å². The summed E-state index contributed by atoms with van der Waals surface area (Å²) in [5.74, 6) is 0.765. The summed E-state index contributed by atoms with van der Waals surface area (Å²) in [5, 5.41) is 0.657. The first-order valence-electron chi connectivity index (χ1n) is 6.04. The molecule has 2 atom stereocenters. The quantitative estimate of drug-likeness (QED) is 0.674. The largest absolute Gasteiger partial charge is 0.351 e. The fraction of sp³-hybridized carbons (Fsp3) is 0.571. The molecule has 16 heavy (non-hydrogen) atoms. The van der Waals surface area contributed by atoms with E-state index in [2.05, 4.69) is 50.7 Å². The standard InChI is InChI=1S/C14H22ClN/c1-5-11(2)9-12(3)16-8-6-7-14(10-16)13(4)15/h6,8,10-12H,4-5,7,9H2,1-3H3. The van der Waals surface area contributed by atoms with Gasteiger partial charge in [0, 0.05) is 23.5 Å². The third-order valence-electron chi connectivity index (χ3n) is 3.22. The molecule has 1 heterocycles. The SMILES string of the molecule is C=C(Cl)C1=CN(C(C)CC(C)CC)C=CC1. The first-order valence-corrected chi connectivity index (χ1v) is 6.42. The van der Waals surface area contributed by atoms with E-state index in [-0.39, 0.29) is 0 Å². The maximum Gasteiger partial charge on any atom is 0.0383 e. The Bertz CT molecular complexity index is 304. The lowest BCUT2D eigenvalue weighted by Crippen LogP contribution is -2.26. The van der Waals surface area contributed by atoms with Gasteiger partial charge in [-0.05, 0) is 31.3 Å². The molecule has 2 unspecified atom stereocenters.